The fourth-order valence-corrected chi connectivity index (χ4v) is 3.74. The number of carbonyl (C=O) groups excluding carboxylic acids is 6. The van der Waals surface area contributed by atoms with Crippen LogP contribution in [0, 0.1) is 5.41 Å². The number of nitrogens with one attached hydrogen (secondary N) is 5. The van der Waals surface area contributed by atoms with Crippen LogP contribution >= 0.6 is 0 Å². The molecule has 13 nitrogen and oxygen atoms in total. The van der Waals surface area contributed by atoms with Gasteiger partial charge in [0.1, 0.15) is 18.7 Å². The number of rotatable bonds is 0. The average Bonchev–Trinajstić information content (AvgIpc) is 3.28. The minimum absolute atomic E-state index is 0.0317. The summed E-state index contributed by atoms with van der Waals surface area (Å²) in [6.07, 6.45) is 1.06. The van der Waals surface area contributed by atoms with Crippen LogP contribution in [0.2, 0.25) is 0 Å². The van der Waals surface area contributed by atoms with E-state index in [4.69, 9.17) is 4.74 Å². The van der Waals surface area contributed by atoms with Gasteiger partial charge in [-0.2, -0.15) is 0 Å². The van der Waals surface area contributed by atoms with Crippen LogP contribution in [0.1, 0.15) is 40.0 Å². The van der Waals surface area contributed by atoms with E-state index in [-0.39, 0.29) is 57.6 Å². The molecule has 0 aliphatic carbocycles. The Kier molecular flexibility index (Phi) is 10.4. The van der Waals surface area contributed by atoms with Crippen molar-refractivity contribution < 1.29 is 33.5 Å². The molecule has 0 spiro atoms. The van der Waals surface area contributed by atoms with E-state index < -0.39 is 41.1 Å². The van der Waals surface area contributed by atoms with Crippen molar-refractivity contribution in [2.45, 2.75) is 52.1 Å². The minimum atomic E-state index is -0.876. The molecule has 0 aromatic rings. The Morgan fingerprint density at radius 1 is 0.829 bits per heavy atom. The molecule has 5 N–H and O–H groups in total. The Morgan fingerprint density at radius 3 is 2.17 bits per heavy atom. The van der Waals surface area contributed by atoms with E-state index in [0.717, 1.165) is 0 Å². The maximum atomic E-state index is 13.4. The molecular formula is C22H36N6O7. The molecule has 2 fully saturated rings. The van der Waals surface area contributed by atoms with Crippen LogP contribution < -0.4 is 26.6 Å². The molecule has 6 amide bonds. The Morgan fingerprint density at radius 2 is 1.49 bits per heavy atom. The highest BCUT2D eigenvalue weighted by Gasteiger charge is 2.41. The SMILES string of the molecule is CC(C)(C)C1NC(=O)COCCNC(=O)CNC(=O)CNC(=O)CCNC(=O)[C@@H]2CCCN2C1=O. The third-order valence-corrected chi connectivity index (χ3v) is 5.60. The first-order valence-electron chi connectivity index (χ1n) is 11.7. The van der Waals surface area contributed by atoms with E-state index in [1.165, 1.54) is 4.90 Å². The predicted molar refractivity (Wildman–Crippen MR) is 124 cm³/mol. The third kappa shape index (κ3) is 9.15. The monoisotopic (exact) mass is 496 g/mol. The lowest BCUT2D eigenvalue weighted by molar-refractivity contribution is -0.144. The Bertz CT molecular complexity index is 826. The second-order valence-electron chi connectivity index (χ2n) is 9.55. The Hall–Kier alpha value is -3.22. The van der Waals surface area contributed by atoms with Crippen LogP contribution in [0.5, 0.6) is 0 Å². The van der Waals surface area contributed by atoms with E-state index >= 15 is 0 Å². The smallest absolute Gasteiger partial charge is 0.246 e. The van der Waals surface area contributed by atoms with E-state index in [2.05, 4.69) is 26.6 Å². The molecule has 2 heterocycles. The first-order valence-corrected chi connectivity index (χ1v) is 11.7. The van der Waals surface area contributed by atoms with Gasteiger partial charge in [-0.3, -0.25) is 28.8 Å². The molecule has 2 rings (SSSR count). The zero-order valence-electron chi connectivity index (χ0n) is 20.5. The van der Waals surface area contributed by atoms with Gasteiger partial charge in [0.25, 0.3) is 0 Å². The van der Waals surface area contributed by atoms with Crippen molar-refractivity contribution in [3.05, 3.63) is 0 Å². The lowest BCUT2D eigenvalue weighted by Gasteiger charge is -2.35. The van der Waals surface area contributed by atoms with Crippen LogP contribution in [-0.2, 0) is 33.5 Å². The molecule has 35 heavy (non-hydrogen) atoms. The fourth-order valence-electron chi connectivity index (χ4n) is 3.74. The highest BCUT2D eigenvalue weighted by molar-refractivity contribution is 5.93. The van der Waals surface area contributed by atoms with Gasteiger partial charge >= 0.3 is 0 Å². The zero-order chi connectivity index (χ0) is 26.0. The quantitative estimate of drug-likeness (QED) is 0.244. The standard InChI is InChI=1S/C22H36N6O7/c1-22(2,3)19-21(34)28-9-4-5-14(28)20(33)24-7-6-15(29)25-12-17(31)26-11-16(30)23-8-10-35-13-18(32)27-19/h14,19H,4-13H2,1-3H3,(H,23,30)(H,24,33)(H,25,29)(H,26,31)(H,27,32)/t14-,19?/m0/s1. The Balaban J connectivity index is 2.10. The molecule has 196 valence electrons. The highest BCUT2D eigenvalue weighted by Crippen LogP contribution is 2.25. The molecule has 0 aromatic heterocycles. The van der Waals surface area contributed by atoms with Crippen LogP contribution in [-0.4, -0.2) is 98.4 Å². The van der Waals surface area contributed by atoms with Crippen LogP contribution in [0.15, 0.2) is 0 Å². The number of carbonyl (C=O) groups is 6. The van der Waals surface area contributed by atoms with Gasteiger partial charge in [0.2, 0.25) is 35.4 Å². The topological polar surface area (TPSA) is 175 Å². The number of hydrogen-bond donors (Lipinski definition) is 5. The molecule has 2 aliphatic heterocycles. The van der Waals surface area contributed by atoms with Gasteiger partial charge in [0.15, 0.2) is 0 Å². The lowest BCUT2D eigenvalue weighted by atomic mass is 9.85. The van der Waals surface area contributed by atoms with Crippen LogP contribution in [0.4, 0.5) is 0 Å². The molecule has 0 aromatic carbocycles. The van der Waals surface area contributed by atoms with Gasteiger partial charge in [0, 0.05) is 26.1 Å². The van der Waals surface area contributed by atoms with Crippen LogP contribution in [0.25, 0.3) is 0 Å². The number of nitrogens with zero attached hydrogens (tertiary/aromatic N) is 1. The summed E-state index contributed by atoms with van der Waals surface area (Å²) in [5.74, 6) is -2.68. The zero-order valence-corrected chi connectivity index (χ0v) is 20.5. The van der Waals surface area contributed by atoms with E-state index in [9.17, 15) is 28.8 Å². The summed E-state index contributed by atoms with van der Waals surface area (Å²) >= 11 is 0. The van der Waals surface area contributed by atoms with Crippen molar-refractivity contribution in [1.29, 1.82) is 0 Å². The summed E-state index contributed by atoms with van der Waals surface area (Å²) < 4.78 is 5.29. The van der Waals surface area contributed by atoms with Crippen molar-refractivity contribution >= 4 is 35.4 Å². The van der Waals surface area contributed by atoms with Gasteiger partial charge in [-0.05, 0) is 18.3 Å². The van der Waals surface area contributed by atoms with Crippen molar-refractivity contribution in [2.75, 3.05) is 45.9 Å². The summed E-state index contributed by atoms with van der Waals surface area (Å²) in [5.41, 5.74) is -0.624. The average molecular weight is 497 g/mol. The summed E-state index contributed by atoms with van der Waals surface area (Å²) in [6, 6.07) is -1.57. The normalized spacial score (nSPS) is 25.2. The maximum absolute atomic E-state index is 13.4. The molecule has 13 heteroatoms. The fraction of sp³-hybridized carbons (Fsp3) is 0.727. The molecule has 2 aliphatic rings. The van der Waals surface area contributed by atoms with Crippen molar-refractivity contribution in [2.24, 2.45) is 5.41 Å². The first kappa shape index (κ1) is 28.0. The predicted octanol–water partition coefficient (Wildman–Crippen LogP) is -2.61. The molecule has 0 bridgehead atoms. The first-order chi connectivity index (χ1) is 16.5. The summed E-state index contributed by atoms with van der Waals surface area (Å²) in [6.45, 7) is 5.13. The van der Waals surface area contributed by atoms with E-state index in [1.807, 2.05) is 20.8 Å². The Labute approximate surface area is 204 Å². The maximum Gasteiger partial charge on any atom is 0.246 e. The highest BCUT2D eigenvalue weighted by atomic mass is 16.5. The lowest BCUT2D eigenvalue weighted by Crippen LogP contribution is -2.58. The van der Waals surface area contributed by atoms with Crippen LogP contribution in [0.3, 0.4) is 0 Å². The number of hydrogen-bond acceptors (Lipinski definition) is 7. The van der Waals surface area contributed by atoms with Gasteiger partial charge in [-0.1, -0.05) is 20.8 Å². The van der Waals surface area contributed by atoms with Crippen molar-refractivity contribution in [3.63, 3.8) is 0 Å². The molecular weight excluding hydrogens is 460 g/mol. The number of ether oxygens (including phenoxy) is 1. The molecule has 0 saturated carbocycles. The van der Waals surface area contributed by atoms with Gasteiger partial charge in [-0.15, -0.1) is 0 Å². The second kappa shape index (κ2) is 13.0. The molecule has 2 saturated heterocycles. The van der Waals surface area contributed by atoms with Crippen molar-refractivity contribution in [3.8, 4) is 0 Å². The second-order valence-corrected chi connectivity index (χ2v) is 9.55. The third-order valence-electron chi connectivity index (χ3n) is 5.60. The molecule has 1 unspecified atom stereocenters. The van der Waals surface area contributed by atoms with Gasteiger partial charge in [-0.25, -0.2) is 0 Å². The molecule has 0 radical (unpaired) electrons. The summed E-state index contributed by atoms with van der Waals surface area (Å²) in [4.78, 5) is 75.6. The van der Waals surface area contributed by atoms with E-state index in [0.29, 0.717) is 19.4 Å². The van der Waals surface area contributed by atoms with Gasteiger partial charge in [0.05, 0.1) is 19.7 Å². The molecule has 2 atom stereocenters. The van der Waals surface area contributed by atoms with E-state index in [1.54, 1.807) is 0 Å². The van der Waals surface area contributed by atoms with Crippen molar-refractivity contribution in [1.82, 2.24) is 31.5 Å². The minimum Gasteiger partial charge on any atom is -0.370 e. The number of fused-ring (bicyclic) bond motifs is 1. The van der Waals surface area contributed by atoms with Gasteiger partial charge < -0.3 is 36.2 Å². The number of amides is 6. The largest absolute Gasteiger partial charge is 0.370 e. The summed E-state index contributed by atoms with van der Waals surface area (Å²) in [5, 5.41) is 12.7. The summed E-state index contributed by atoms with van der Waals surface area (Å²) in [7, 11) is 0.